The summed E-state index contributed by atoms with van der Waals surface area (Å²) in [4.78, 5) is 12.4. The maximum Gasteiger partial charge on any atom is 0.265 e. The van der Waals surface area contributed by atoms with Gasteiger partial charge in [-0.15, -0.1) is 0 Å². The molecule has 1 unspecified atom stereocenters. The van der Waals surface area contributed by atoms with Crippen LogP contribution in [0.25, 0.3) is 0 Å². The Hall–Kier alpha value is -1.81. The fourth-order valence-corrected chi connectivity index (χ4v) is 2.67. The SMILES string of the molecule is Cc1ccc(OC(C)C(=O)Nc2ccc(C(C)(C)C)cc2Br)cc1. The third-order valence-electron chi connectivity index (χ3n) is 3.80. The van der Waals surface area contributed by atoms with E-state index in [2.05, 4.69) is 42.0 Å². The molecule has 1 atom stereocenters. The zero-order chi connectivity index (χ0) is 17.9. The van der Waals surface area contributed by atoms with Crippen molar-refractivity contribution < 1.29 is 9.53 Å². The first-order valence-corrected chi connectivity index (χ1v) is 8.80. The van der Waals surface area contributed by atoms with Crippen LogP contribution in [0, 0.1) is 6.92 Å². The molecule has 0 bridgehead atoms. The van der Waals surface area contributed by atoms with E-state index in [1.807, 2.05) is 49.4 Å². The van der Waals surface area contributed by atoms with E-state index in [0.29, 0.717) is 5.75 Å². The molecule has 0 heterocycles. The van der Waals surface area contributed by atoms with Crippen LogP contribution in [0.5, 0.6) is 5.75 Å². The summed E-state index contributed by atoms with van der Waals surface area (Å²) >= 11 is 3.54. The first-order chi connectivity index (χ1) is 11.2. The zero-order valence-electron chi connectivity index (χ0n) is 14.8. The number of anilines is 1. The van der Waals surface area contributed by atoms with E-state index in [1.54, 1.807) is 6.92 Å². The maximum absolute atomic E-state index is 12.4. The van der Waals surface area contributed by atoms with Crippen LogP contribution in [-0.4, -0.2) is 12.0 Å². The van der Waals surface area contributed by atoms with E-state index in [9.17, 15) is 4.79 Å². The van der Waals surface area contributed by atoms with Gasteiger partial charge in [0, 0.05) is 4.47 Å². The van der Waals surface area contributed by atoms with Crippen LogP contribution in [0.4, 0.5) is 5.69 Å². The fourth-order valence-electron chi connectivity index (χ4n) is 2.19. The Morgan fingerprint density at radius 3 is 2.29 bits per heavy atom. The first-order valence-electron chi connectivity index (χ1n) is 8.01. The quantitative estimate of drug-likeness (QED) is 0.753. The van der Waals surface area contributed by atoms with Gasteiger partial charge in [0.05, 0.1) is 5.69 Å². The summed E-state index contributed by atoms with van der Waals surface area (Å²) < 4.78 is 6.56. The van der Waals surface area contributed by atoms with Crippen LogP contribution < -0.4 is 10.1 Å². The predicted octanol–water partition coefficient (Wildman–Crippen LogP) is 5.46. The van der Waals surface area contributed by atoms with Gasteiger partial charge in [-0.3, -0.25) is 4.79 Å². The number of halogens is 1. The Morgan fingerprint density at radius 1 is 1.12 bits per heavy atom. The van der Waals surface area contributed by atoms with Crippen LogP contribution in [0.2, 0.25) is 0 Å². The Kier molecular flexibility index (Phi) is 5.70. The average molecular weight is 390 g/mol. The Balaban J connectivity index is 2.04. The molecule has 0 radical (unpaired) electrons. The summed E-state index contributed by atoms with van der Waals surface area (Å²) in [5, 5.41) is 2.91. The minimum Gasteiger partial charge on any atom is -0.481 e. The van der Waals surface area contributed by atoms with Crippen LogP contribution in [0.3, 0.4) is 0 Å². The molecule has 0 aliphatic heterocycles. The number of carbonyl (C=O) groups is 1. The van der Waals surface area contributed by atoms with Gasteiger partial charge in [-0.1, -0.05) is 44.5 Å². The number of aryl methyl sites for hydroxylation is 1. The van der Waals surface area contributed by atoms with Crippen LogP contribution >= 0.6 is 15.9 Å². The van der Waals surface area contributed by atoms with Crippen molar-refractivity contribution in [3.8, 4) is 5.75 Å². The molecule has 2 rings (SSSR count). The van der Waals surface area contributed by atoms with Gasteiger partial charge in [0.15, 0.2) is 6.10 Å². The molecule has 0 aromatic heterocycles. The van der Waals surface area contributed by atoms with Crippen molar-refractivity contribution in [2.45, 2.75) is 46.1 Å². The van der Waals surface area contributed by atoms with Crippen molar-refractivity contribution >= 4 is 27.5 Å². The summed E-state index contributed by atoms with van der Waals surface area (Å²) in [5.74, 6) is 0.505. The van der Waals surface area contributed by atoms with E-state index < -0.39 is 6.10 Å². The van der Waals surface area contributed by atoms with E-state index >= 15 is 0 Å². The summed E-state index contributed by atoms with van der Waals surface area (Å²) in [6.07, 6.45) is -0.582. The molecular weight excluding hydrogens is 366 g/mol. The van der Waals surface area contributed by atoms with Crippen molar-refractivity contribution in [3.63, 3.8) is 0 Å². The minimum absolute atomic E-state index is 0.0624. The standard InChI is InChI=1S/C20H24BrNO2/c1-13-6-9-16(10-7-13)24-14(2)19(23)22-18-11-8-15(12-17(18)21)20(3,4)5/h6-12,14H,1-5H3,(H,22,23). The highest BCUT2D eigenvalue weighted by molar-refractivity contribution is 9.10. The molecule has 4 heteroatoms. The molecule has 0 saturated carbocycles. The van der Waals surface area contributed by atoms with Crippen LogP contribution in [0.15, 0.2) is 46.9 Å². The Morgan fingerprint density at radius 2 is 1.75 bits per heavy atom. The van der Waals surface area contributed by atoms with E-state index in [-0.39, 0.29) is 11.3 Å². The summed E-state index contributed by atoms with van der Waals surface area (Å²) in [7, 11) is 0. The smallest absolute Gasteiger partial charge is 0.265 e. The van der Waals surface area contributed by atoms with Gasteiger partial charge in [-0.2, -0.15) is 0 Å². The lowest BCUT2D eigenvalue weighted by Crippen LogP contribution is -2.30. The topological polar surface area (TPSA) is 38.3 Å². The van der Waals surface area contributed by atoms with Gasteiger partial charge < -0.3 is 10.1 Å². The van der Waals surface area contributed by atoms with Gasteiger partial charge in [0.2, 0.25) is 0 Å². The van der Waals surface area contributed by atoms with Crippen molar-refractivity contribution in [1.29, 1.82) is 0 Å². The second-order valence-electron chi connectivity index (χ2n) is 7.01. The van der Waals surface area contributed by atoms with Crippen molar-refractivity contribution in [1.82, 2.24) is 0 Å². The molecule has 3 nitrogen and oxygen atoms in total. The number of carbonyl (C=O) groups excluding carboxylic acids is 1. The Labute approximate surface area is 152 Å². The van der Waals surface area contributed by atoms with E-state index in [0.717, 1.165) is 15.7 Å². The van der Waals surface area contributed by atoms with Crippen LogP contribution in [-0.2, 0) is 10.2 Å². The number of nitrogens with one attached hydrogen (secondary N) is 1. The number of amides is 1. The van der Waals surface area contributed by atoms with Crippen molar-refractivity contribution in [2.75, 3.05) is 5.32 Å². The highest BCUT2D eigenvalue weighted by Crippen LogP contribution is 2.30. The molecule has 2 aromatic carbocycles. The highest BCUT2D eigenvalue weighted by Gasteiger charge is 2.18. The van der Waals surface area contributed by atoms with Crippen molar-refractivity contribution in [3.05, 3.63) is 58.1 Å². The first kappa shape index (κ1) is 18.5. The molecular formula is C20H24BrNO2. The lowest BCUT2D eigenvalue weighted by Gasteiger charge is -2.21. The van der Waals surface area contributed by atoms with Gasteiger partial charge in [-0.05, 0) is 65.0 Å². The fraction of sp³-hybridized carbons (Fsp3) is 0.350. The van der Waals surface area contributed by atoms with Crippen molar-refractivity contribution in [2.24, 2.45) is 0 Å². The number of hydrogen-bond acceptors (Lipinski definition) is 2. The maximum atomic E-state index is 12.4. The molecule has 0 fully saturated rings. The van der Waals surface area contributed by atoms with Gasteiger partial charge in [-0.25, -0.2) is 0 Å². The van der Waals surface area contributed by atoms with E-state index in [4.69, 9.17) is 4.74 Å². The number of hydrogen-bond donors (Lipinski definition) is 1. The highest BCUT2D eigenvalue weighted by atomic mass is 79.9. The molecule has 0 aliphatic carbocycles. The third-order valence-corrected chi connectivity index (χ3v) is 4.45. The largest absolute Gasteiger partial charge is 0.481 e. The summed E-state index contributed by atoms with van der Waals surface area (Å²) in [6.45, 7) is 10.2. The normalized spacial score (nSPS) is 12.6. The molecule has 128 valence electrons. The molecule has 24 heavy (non-hydrogen) atoms. The second-order valence-corrected chi connectivity index (χ2v) is 7.86. The molecule has 1 N–H and O–H groups in total. The third kappa shape index (κ3) is 4.84. The number of benzene rings is 2. The number of rotatable bonds is 4. The van der Waals surface area contributed by atoms with Gasteiger partial charge in [0.1, 0.15) is 5.75 Å². The summed E-state index contributed by atoms with van der Waals surface area (Å²) in [6, 6.07) is 13.7. The summed E-state index contributed by atoms with van der Waals surface area (Å²) in [5.41, 5.74) is 3.17. The van der Waals surface area contributed by atoms with E-state index in [1.165, 1.54) is 5.56 Å². The molecule has 0 saturated heterocycles. The molecule has 1 amide bonds. The lowest BCUT2D eigenvalue weighted by molar-refractivity contribution is -0.122. The zero-order valence-corrected chi connectivity index (χ0v) is 16.4. The van der Waals surface area contributed by atoms with Crippen LogP contribution in [0.1, 0.15) is 38.8 Å². The van der Waals surface area contributed by atoms with Gasteiger partial charge in [0.25, 0.3) is 5.91 Å². The average Bonchev–Trinajstić information content (AvgIpc) is 2.50. The molecule has 2 aromatic rings. The lowest BCUT2D eigenvalue weighted by atomic mass is 9.87. The van der Waals surface area contributed by atoms with Gasteiger partial charge >= 0.3 is 0 Å². The monoisotopic (exact) mass is 389 g/mol. The number of ether oxygens (including phenoxy) is 1. The molecule has 0 aliphatic rings. The predicted molar refractivity (Wildman–Crippen MR) is 103 cm³/mol. The Bertz CT molecular complexity index is 717. The second kappa shape index (κ2) is 7.39. The molecule has 0 spiro atoms. The minimum atomic E-state index is -0.582.